The van der Waals surface area contributed by atoms with Gasteiger partial charge in [0.1, 0.15) is 18.2 Å². The van der Waals surface area contributed by atoms with Gasteiger partial charge in [-0.3, -0.25) is 4.79 Å². The topological polar surface area (TPSA) is 97.7 Å². The van der Waals surface area contributed by atoms with Gasteiger partial charge in [0.15, 0.2) is 11.5 Å². The Kier molecular flexibility index (Phi) is 8.41. The highest BCUT2D eigenvalue weighted by Gasteiger charge is 2.15. The van der Waals surface area contributed by atoms with Crippen molar-refractivity contribution in [2.24, 2.45) is 0 Å². The van der Waals surface area contributed by atoms with Crippen molar-refractivity contribution in [3.05, 3.63) is 106 Å². The molecule has 0 heterocycles. The summed E-state index contributed by atoms with van der Waals surface area (Å²) in [5, 5.41) is 14.5. The zero-order valence-corrected chi connectivity index (χ0v) is 22.2. The molecular weight excluding hydrogens is 548 g/mol. The minimum Gasteiger partial charge on any atom is -0.493 e. The first kappa shape index (κ1) is 26.5. The molecule has 0 saturated heterocycles. The number of ether oxygens (including phenoxy) is 3. The quantitative estimate of drug-likeness (QED) is 0.147. The fourth-order valence-corrected chi connectivity index (χ4v) is 4.25. The highest BCUT2D eigenvalue weighted by molar-refractivity contribution is 9.10. The van der Waals surface area contributed by atoms with Crippen LogP contribution in [-0.2, 0) is 16.1 Å². The lowest BCUT2D eigenvalue weighted by Crippen LogP contribution is -2.13. The Balaban J connectivity index is 1.53. The predicted molar refractivity (Wildman–Crippen MR) is 149 cm³/mol. The largest absolute Gasteiger partial charge is 0.493 e. The maximum absolute atomic E-state index is 12.8. The van der Waals surface area contributed by atoms with E-state index < -0.39 is 11.9 Å². The molecule has 0 saturated carbocycles. The second-order valence-corrected chi connectivity index (χ2v) is 9.00. The Morgan fingerprint density at radius 2 is 1.71 bits per heavy atom. The number of nitrogens with one attached hydrogen (secondary N) is 1. The van der Waals surface area contributed by atoms with Crippen LogP contribution in [0.5, 0.6) is 11.5 Å². The number of amides is 1. The number of benzene rings is 4. The van der Waals surface area contributed by atoms with Gasteiger partial charge in [-0.2, -0.15) is 5.26 Å². The Morgan fingerprint density at radius 1 is 0.974 bits per heavy atom. The van der Waals surface area contributed by atoms with E-state index in [4.69, 9.17) is 9.47 Å². The Morgan fingerprint density at radius 3 is 2.42 bits per heavy atom. The highest BCUT2D eigenvalue weighted by Crippen LogP contribution is 2.35. The summed E-state index contributed by atoms with van der Waals surface area (Å²) in [6, 6.07) is 25.7. The molecule has 0 atom stereocenters. The molecular formula is C30H23BrN2O5. The minimum atomic E-state index is -0.597. The van der Waals surface area contributed by atoms with Crippen LogP contribution in [0.15, 0.2) is 88.9 Å². The lowest BCUT2D eigenvalue weighted by molar-refractivity contribution is -0.112. The molecule has 0 fully saturated rings. The highest BCUT2D eigenvalue weighted by atomic mass is 79.9. The van der Waals surface area contributed by atoms with Gasteiger partial charge in [-0.05, 0) is 64.4 Å². The number of rotatable bonds is 8. The lowest BCUT2D eigenvalue weighted by Gasteiger charge is -2.14. The van der Waals surface area contributed by atoms with Gasteiger partial charge in [0, 0.05) is 10.2 Å². The van der Waals surface area contributed by atoms with E-state index in [1.165, 1.54) is 32.4 Å². The van der Waals surface area contributed by atoms with Gasteiger partial charge in [0.05, 0.1) is 19.8 Å². The van der Waals surface area contributed by atoms with Crippen molar-refractivity contribution in [2.75, 3.05) is 19.5 Å². The average molecular weight is 571 g/mol. The summed E-state index contributed by atoms with van der Waals surface area (Å²) in [5.74, 6) is -0.113. The molecule has 1 N–H and O–H groups in total. The van der Waals surface area contributed by atoms with Crippen molar-refractivity contribution >= 4 is 50.3 Å². The second kappa shape index (κ2) is 12.1. The Hall–Kier alpha value is -4.61. The van der Waals surface area contributed by atoms with Crippen molar-refractivity contribution in [1.82, 2.24) is 0 Å². The molecule has 0 spiro atoms. The third-order valence-electron chi connectivity index (χ3n) is 5.77. The summed E-state index contributed by atoms with van der Waals surface area (Å²) >= 11 is 3.51. The van der Waals surface area contributed by atoms with Crippen molar-refractivity contribution in [3.63, 3.8) is 0 Å². The van der Waals surface area contributed by atoms with E-state index in [0.717, 1.165) is 16.3 Å². The first-order valence-electron chi connectivity index (χ1n) is 11.5. The number of esters is 1. The first-order chi connectivity index (χ1) is 18.4. The Bertz CT molecular complexity index is 1570. The van der Waals surface area contributed by atoms with Crippen LogP contribution < -0.4 is 14.8 Å². The fraction of sp³-hybridized carbons (Fsp3) is 0.100. The lowest BCUT2D eigenvalue weighted by atomic mass is 10.1. The smallest absolute Gasteiger partial charge is 0.337 e. The van der Waals surface area contributed by atoms with Crippen molar-refractivity contribution < 1.29 is 23.8 Å². The molecule has 0 aromatic heterocycles. The third-order valence-corrected chi connectivity index (χ3v) is 6.46. The van der Waals surface area contributed by atoms with E-state index in [2.05, 4.69) is 44.2 Å². The summed E-state index contributed by atoms with van der Waals surface area (Å²) < 4.78 is 16.9. The van der Waals surface area contributed by atoms with Gasteiger partial charge in [0.25, 0.3) is 5.91 Å². The number of hydrogen-bond acceptors (Lipinski definition) is 6. The van der Waals surface area contributed by atoms with Crippen molar-refractivity contribution in [3.8, 4) is 17.6 Å². The van der Waals surface area contributed by atoms with Gasteiger partial charge in [-0.15, -0.1) is 0 Å². The standard InChI is InChI=1S/C30H23BrN2O5/c1-36-27-15-22(14-23(17-32)29(34)33-24-12-10-20(11-13-24)30(35)37-2)26(31)16-28(27)38-18-21-8-5-7-19-6-3-4-9-25(19)21/h3-16H,18H2,1-2H3,(H,33,34)/b23-14+. The predicted octanol–water partition coefficient (Wildman–Crippen LogP) is 6.52. The summed E-state index contributed by atoms with van der Waals surface area (Å²) in [7, 11) is 2.82. The van der Waals surface area contributed by atoms with Crippen LogP contribution in [-0.4, -0.2) is 26.1 Å². The van der Waals surface area contributed by atoms with Crippen LogP contribution >= 0.6 is 15.9 Å². The Labute approximate surface area is 228 Å². The molecule has 7 nitrogen and oxygen atoms in total. The van der Waals surface area contributed by atoms with Crippen LogP contribution in [0, 0.1) is 11.3 Å². The molecule has 8 heteroatoms. The number of carbonyl (C=O) groups excluding carboxylic acids is 2. The van der Waals surface area contributed by atoms with Crippen LogP contribution in [0.1, 0.15) is 21.5 Å². The van der Waals surface area contributed by atoms with Gasteiger partial charge >= 0.3 is 5.97 Å². The number of fused-ring (bicyclic) bond motifs is 1. The van der Waals surface area contributed by atoms with E-state index in [1.54, 1.807) is 24.3 Å². The van der Waals surface area contributed by atoms with E-state index in [9.17, 15) is 14.9 Å². The zero-order chi connectivity index (χ0) is 27.1. The maximum Gasteiger partial charge on any atom is 0.337 e. The minimum absolute atomic E-state index is 0.116. The van der Waals surface area contributed by atoms with E-state index in [-0.39, 0.29) is 5.57 Å². The monoisotopic (exact) mass is 570 g/mol. The van der Waals surface area contributed by atoms with Gasteiger partial charge in [-0.1, -0.05) is 58.4 Å². The molecule has 0 aliphatic carbocycles. The molecule has 4 rings (SSSR count). The number of methoxy groups -OCH3 is 2. The second-order valence-electron chi connectivity index (χ2n) is 8.14. The summed E-state index contributed by atoms with van der Waals surface area (Å²) in [6.07, 6.45) is 1.46. The summed E-state index contributed by atoms with van der Waals surface area (Å²) in [6.45, 7) is 0.333. The normalized spacial score (nSPS) is 10.9. The van der Waals surface area contributed by atoms with Gasteiger partial charge in [0.2, 0.25) is 0 Å². The summed E-state index contributed by atoms with van der Waals surface area (Å²) in [5.41, 5.74) is 2.26. The van der Waals surface area contributed by atoms with Crippen molar-refractivity contribution in [1.29, 1.82) is 5.26 Å². The van der Waals surface area contributed by atoms with E-state index >= 15 is 0 Å². The molecule has 4 aromatic rings. The molecule has 0 aliphatic heterocycles. The van der Waals surface area contributed by atoms with E-state index in [0.29, 0.717) is 39.4 Å². The van der Waals surface area contributed by atoms with Crippen LogP contribution in [0.2, 0.25) is 0 Å². The molecule has 190 valence electrons. The van der Waals surface area contributed by atoms with Crippen LogP contribution in [0.25, 0.3) is 16.8 Å². The van der Waals surface area contributed by atoms with E-state index in [1.807, 2.05) is 30.3 Å². The molecule has 38 heavy (non-hydrogen) atoms. The van der Waals surface area contributed by atoms with Crippen LogP contribution in [0.3, 0.4) is 0 Å². The maximum atomic E-state index is 12.8. The molecule has 0 radical (unpaired) electrons. The number of nitrogens with zero attached hydrogens (tertiary/aromatic N) is 1. The number of carbonyl (C=O) groups is 2. The fourth-order valence-electron chi connectivity index (χ4n) is 3.82. The summed E-state index contributed by atoms with van der Waals surface area (Å²) in [4.78, 5) is 24.4. The first-order valence-corrected chi connectivity index (χ1v) is 12.3. The molecule has 0 unspecified atom stereocenters. The van der Waals surface area contributed by atoms with Gasteiger partial charge < -0.3 is 19.5 Å². The number of anilines is 1. The number of nitriles is 1. The average Bonchev–Trinajstić information content (AvgIpc) is 2.95. The van der Waals surface area contributed by atoms with Gasteiger partial charge in [-0.25, -0.2) is 4.79 Å². The molecule has 0 bridgehead atoms. The SMILES string of the molecule is COC(=O)c1ccc(NC(=O)/C(C#N)=C/c2cc(OC)c(OCc3cccc4ccccc34)cc2Br)cc1. The van der Waals surface area contributed by atoms with Crippen LogP contribution in [0.4, 0.5) is 5.69 Å². The number of hydrogen-bond donors (Lipinski definition) is 1. The molecule has 4 aromatic carbocycles. The zero-order valence-electron chi connectivity index (χ0n) is 20.7. The molecule has 0 aliphatic rings. The number of halogens is 1. The van der Waals surface area contributed by atoms with Crippen molar-refractivity contribution in [2.45, 2.75) is 6.61 Å². The molecule has 1 amide bonds. The third kappa shape index (κ3) is 6.02.